The monoisotopic (exact) mass is 321 g/mol. The first-order valence-electron chi connectivity index (χ1n) is 7.14. The van der Waals surface area contributed by atoms with Gasteiger partial charge in [-0.05, 0) is 19.3 Å². The number of amides is 3. The lowest BCUT2D eigenvalue weighted by molar-refractivity contribution is -0.186. The fourth-order valence-electron chi connectivity index (χ4n) is 2.91. The third kappa shape index (κ3) is 3.50. The first-order valence-corrected chi connectivity index (χ1v) is 7.14. The predicted octanol–water partition coefficient (Wildman–Crippen LogP) is 0.277. The van der Waals surface area contributed by atoms with E-state index in [4.69, 9.17) is 0 Å². The van der Waals surface area contributed by atoms with Gasteiger partial charge >= 0.3 is 12.1 Å². The van der Waals surface area contributed by atoms with E-state index in [1.54, 1.807) is 4.90 Å². The van der Waals surface area contributed by atoms with Crippen LogP contribution in [0.5, 0.6) is 0 Å². The van der Waals surface area contributed by atoms with Gasteiger partial charge in [-0.3, -0.25) is 14.4 Å². The molecule has 22 heavy (non-hydrogen) atoms. The zero-order valence-corrected chi connectivity index (χ0v) is 12.2. The number of alkyl halides is 3. The summed E-state index contributed by atoms with van der Waals surface area (Å²) in [5, 5.41) is 2.65. The number of nitrogens with one attached hydrogen (secondary N) is 1. The van der Waals surface area contributed by atoms with Gasteiger partial charge in [0.15, 0.2) is 0 Å². The molecule has 9 heteroatoms. The van der Waals surface area contributed by atoms with Crippen LogP contribution < -0.4 is 5.32 Å². The standard InChI is InChI=1S/C13H18F3N3O3/c1-8(20)18-6-4-9(7-18)17-11(21)10-3-2-5-19(10)12(22)13(14,15)16/h9-10H,2-7H2,1H3,(H,17,21). The van der Waals surface area contributed by atoms with Gasteiger partial charge < -0.3 is 15.1 Å². The molecule has 2 unspecified atom stereocenters. The van der Waals surface area contributed by atoms with Gasteiger partial charge in [-0.25, -0.2) is 0 Å². The van der Waals surface area contributed by atoms with E-state index in [0.29, 0.717) is 30.8 Å². The third-order valence-corrected chi connectivity index (χ3v) is 4.04. The summed E-state index contributed by atoms with van der Waals surface area (Å²) in [6.45, 7) is 2.21. The van der Waals surface area contributed by atoms with E-state index in [1.165, 1.54) is 6.92 Å². The second-order valence-corrected chi connectivity index (χ2v) is 5.61. The zero-order valence-electron chi connectivity index (χ0n) is 12.2. The molecule has 124 valence electrons. The maximum Gasteiger partial charge on any atom is 0.471 e. The summed E-state index contributed by atoms with van der Waals surface area (Å²) in [6.07, 6.45) is -3.83. The van der Waals surface area contributed by atoms with Crippen LogP contribution in [-0.4, -0.2) is 65.4 Å². The lowest BCUT2D eigenvalue weighted by Gasteiger charge is -2.26. The van der Waals surface area contributed by atoms with Gasteiger partial charge in [0.05, 0.1) is 0 Å². The number of carbonyl (C=O) groups is 3. The molecule has 0 radical (unpaired) electrons. The van der Waals surface area contributed by atoms with Crippen LogP contribution in [0.15, 0.2) is 0 Å². The largest absolute Gasteiger partial charge is 0.471 e. The molecule has 0 aromatic heterocycles. The molecule has 0 aromatic carbocycles. The second kappa shape index (κ2) is 6.13. The van der Waals surface area contributed by atoms with E-state index >= 15 is 0 Å². The predicted molar refractivity (Wildman–Crippen MR) is 69.6 cm³/mol. The Morgan fingerprint density at radius 3 is 2.36 bits per heavy atom. The summed E-state index contributed by atoms with van der Waals surface area (Å²) in [7, 11) is 0. The quantitative estimate of drug-likeness (QED) is 0.794. The number of halogens is 3. The van der Waals surface area contributed by atoms with Crippen molar-refractivity contribution in [3.63, 3.8) is 0 Å². The molecule has 1 N–H and O–H groups in total. The average Bonchev–Trinajstić information content (AvgIpc) is 3.04. The summed E-state index contributed by atoms with van der Waals surface area (Å²) < 4.78 is 37.5. The first kappa shape index (κ1) is 16.6. The van der Waals surface area contributed by atoms with E-state index < -0.39 is 24.0 Å². The maximum absolute atomic E-state index is 12.5. The fraction of sp³-hybridized carbons (Fsp3) is 0.769. The number of hydrogen-bond acceptors (Lipinski definition) is 3. The van der Waals surface area contributed by atoms with Crippen molar-refractivity contribution in [2.75, 3.05) is 19.6 Å². The smallest absolute Gasteiger partial charge is 0.350 e. The van der Waals surface area contributed by atoms with Crippen molar-refractivity contribution in [1.29, 1.82) is 0 Å². The Bertz CT molecular complexity index is 481. The molecule has 2 heterocycles. The zero-order chi connectivity index (χ0) is 16.5. The van der Waals surface area contributed by atoms with Crippen LogP contribution in [0.2, 0.25) is 0 Å². The number of nitrogens with zero attached hydrogens (tertiary/aromatic N) is 2. The van der Waals surface area contributed by atoms with Crippen molar-refractivity contribution in [2.45, 2.75) is 44.4 Å². The molecule has 2 atom stereocenters. The van der Waals surface area contributed by atoms with E-state index in [2.05, 4.69) is 5.32 Å². The Balaban J connectivity index is 1.95. The number of carbonyl (C=O) groups excluding carboxylic acids is 3. The Labute approximate surface area is 125 Å². The lowest BCUT2D eigenvalue weighted by Crippen LogP contribution is -2.52. The van der Waals surface area contributed by atoms with Crippen LogP contribution >= 0.6 is 0 Å². The molecular formula is C13H18F3N3O3. The Morgan fingerprint density at radius 2 is 1.82 bits per heavy atom. The van der Waals surface area contributed by atoms with E-state index in [1.807, 2.05) is 0 Å². The highest BCUT2D eigenvalue weighted by Crippen LogP contribution is 2.26. The van der Waals surface area contributed by atoms with Crippen molar-refractivity contribution in [2.24, 2.45) is 0 Å². The maximum atomic E-state index is 12.5. The van der Waals surface area contributed by atoms with Gasteiger partial charge in [0.2, 0.25) is 11.8 Å². The van der Waals surface area contributed by atoms with Crippen molar-refractivity contribution >= 4 is 17.7 Å². The SMILES string of the molecule is CC(=O)N1CCC(NC(=O)C2CCCN2C(=O)C(F)(F)F)C1. The van der Waals surface area contributed by atoms with E-state index in [0.717, 1.165) is 0 Å². The summed E-state index contributed by atoms with van der Waals surface area (Å²) in [4.78, 5) is 36.9. The minimum atomic E-state index is -4.97. The number of hydrogen-bond donors (Lipinski definition) is 1. The molecular weight excluding hydrogens is 303 g/mol. The van der Waals surface area contributed by atoms with Gasteiger partial charge in [0.1, 0.15) is 6.04 Å². The van der Waals surface area contributed by atoms with Gasteiger partial charge in [0, 0.05) is 32.6 Å². The van der Waals surface area contributed by atoms with Crippen LogP contribution in [0.4, 0.5) is 13.2 Å². The molecule has 0 aromatic rings. The summed E-state index contributed by atoms with van der Waals surface area (Å²) in [5.41, 5.74) is 0. The number of likely N-dealkylation sites (tertiary alicyclic amines) is 2. The van der Waals surface area contributed by atoms with Crippen molar-refractivity contribution in [3.8, 4) is 0 Å². The van der Waals surface area contributed by atoms with E-state index in [-0.39, 0.29) is 24.9 Å². The highest BCUT2D eigenvalue weighted by molar-refractivity contribution is 5.90. The van der Waals surface area contributed by atoms with Crippen LogP contribution in [0.25, 0.3) is 0 Å². The van der Waals surface area contributed by atoms with Gasteiger partial charge in [0.25, 0.3) is 0 Å². The Hall–Kier alpha value is -1.80. The lowest BCUT2D eigenvalue weighted by atomic mass is 10.1. The molecule has 2 aliphatic rings. The molecule has 0 spiro atoms. The van der Waals surface area contributed by atoms with Crippen molar-refractivity contribution in [1.82, 2.24) is 15.1 Å². The normalized spacial score (nSPS) is 25.5. The highest BCUT2D eigenvalue weighted by atomic mass is 19.4. The highest BCUT2D eigenvalue weighted by Gasteiger charge is 2.47. The summed E-state index contributed by atoms with van der Waals surface area (Å²) in [5.74, 6) is -2.65. The van der Waals surface area contributed by atoms with Crippen LogP contribution in [0, 0.1) is 0 Å². The molecule has 3 amide bonds. The van der Waals surface area contributed by atoms with Crippen LogP contribution in [0.3, 0.4) is 0 Å². The molecule has 2 rings (SSSR count). The van der Waals surface area contributed by atoms with E-state index in [9.17, 15) is 27.6 Å². The van der Waals surface area contributed by atoms with Crippen molar-refractivity contribution < 1.29 is 27.6 Å². The molecule has 0 aliphatic carbocycles. The Morgan fingerprint density at radius 1 is 1.14 bits per heavy atom. The van der Waals surface area contributed by atoms with Gasteiger partial charge in [-0.15, -0.1) is 0 Å². The summed E-state index contributed by atoms with van der Waals surface area (Å²) >= 11 is 0. The molecule has 2 fully saturated rings. The molecule has 0 bridgehead atoms. The van der Waals surface area contributed by atoms with Crippen LogP contribution in [-0.2, 0) is 14.4 Å². The molecule has 2 saturated heterocycles. The van der Waals surface area contributed by atoms with Gasteiger partial charge in [-0.2, -0.15) is 13.2 Å². The number of rotatable bonds is 2. The minimum absolute atomic E-state index is 0.0688. The van der Waals surface area contributed by atoms with Gasteiger partial charge in [-0.1, -0.05) is 0 Å². The summed E-state index contributed by atoms with van der Waals surface area (Å²) in [6, 6.07) is -1.36. The minimum Gasteiger partial charge on any atom is -0.350 e. The molecule has 2 aliphatic heterocycles. The molecule has 6 nitrogen and oxygen atoms in total. The second-order valence-electron chi connectivity index (χ2n) is 5.61. The fourth-order valence-corrected chi connectivity index (χ4v) is 2.91. The molecule has 0 saturated carbocycles. The topological polar surface area (TPSA) is 69.7 Å². The third-order valence-electron chi connectivity index (χ3n) is 4.04. The Kier molecular flexibility index (Phi) is 4.62. The van der Waals surface area contributed by atoms with Crippen molar-refractivity contribution in [3.05, 3.63) is 0 Å². The first-order chi connectivity index (χ1) is 10.2. The average molecular weight is 321 g/mol. The van der Waals surface area contributed by atoms with Crippen LogP contribution in [0.1, 0.15) is 26.2 Å².